The third kappa shape index (κ3) is 3.21. The van der Waals surface area contributed by atoms with Crippen molar-refractivity contribution in [1.29, 1.82) is 0 Å². The van der Waals surface area contributed by atoms with Crippen LogP contribution in [-0.4, -0.2) is 29.7 Å². The highest BCUT2D eigenvalue weighted by Crippen LogP contribution is 2.19. The van der Waals surface area contributed by atoms with E-state index in [-0.39, 0.29) is 24.1 Å². The zero-order valence-electron chi connectivity index (χ0n) is 11.0. The Bertz CT molecular complexity index is 631. The number of ether oxygens (including phenoxy) is 1. The van der Waals surface area contributed by atoms with Gasteiger partial charge in [0.1, 0.15) is 11.5 Å². The predicted octanol–water partition coefficient (Wildman–Crippen LogP) is 1.76. The van der Waals surface area contributed by atoms with Crippen LogP contribution in [0.2, 0.25) is 0 Å². The van der Waals surface area contributed by atoms with Crippen LogP contribution in [0.1, 0.15) is 18.4 Å². The molecule has 5 nitrogen and oxygen atoms in total. The van der Waals surface area contributed by atoms with E-state index < -0.39 is 35.9 Å². The number of hydrogen-bond donors (Lipinski definition) is 0. The molecular weight excluding hydrogens is 289 g/mol. The lowest BCUT2D eigenvalue weighted by Crippen LogP contribution is -2.34. The molecule has 0 N–H and O–H groups in total. The van der Waals surface area contributed by atoms with Gasteiger partial charge in [-0.25, -0.2) is 23.0 Å². The van der Waals surface area contributed by atoms with E-state index >= 15 is 0 Å². The Morgan fingerprint density at radius 2 is 1.90 bits per heavy atom. The normalized spacial score (nSPS) is 15.0. The van der Waals surface area contributed by atoms with Crippen molar-refractivity contribution in [3.63, 3.8) is 0 Å². The molecule has 1 aromatic rings. The number of rotatable bonds is 3. The minimum atomic E-state index is -1.32. The Hall–Kier alpha value is -2.38. The molecule has 0 fully saturated rings. The van der Waals surface area contributed by atoms with Gasteiger partial charge in [0.15, 0.2) is 11.6 Å². The van der Waals surface area contributed by atoms with Crippen molar-refractivity contribution in [1.82, 2.24) is 5.01 Å². The second-order valence-corrected chi connectivity index (χ2v) is 4.35. The van der Waals surface area contributed by atoms with Crippen molar-refractivity contribution in [2.45, 2.75) is 19.4 Å². The highest BCUT2D eigenvalue weighted by atomic mass is 19.2. The first-order chi connectivity index (χ1) is 9.92. The zero-order chi connectivity index (χ0) is 15.6. The van der Waals surface area contributed by atoms with E-state index in [1.165, 1.54) is 7.11 Å². The van der Waals surface area contributed by atoms with Crippen molar-refractivity contribution < 1.29 is 27.5 Å². The van der Waals surface area contributed by atoms with E-state index in [1.54, 1.807) is 0 Å². The van der Waals surface area contributed by atoms with E-state index in [0.29, 0.717) is 12.1 Å². The molecule has 1 amide bonds. The third-order valence-corrected chi connectivity index (χ3v) is 2.94. The number of nitrogens with zero attached hydrogens (tertiary/aromatic N) is 2. The smallest absolute Gasteiger partial charge is 0.354 e. The summed E-state index contributed by atoms with van der Waals surface area (Å²) in [7, 11) is 1.17. The molecule has 1 aliphatic rings. The van der Waals surface area contributed by atoms with Crippen LogP contribution < -0.4 is 0 Å². The van der Waals surface area contributed by atoms with Crippen LogP contribution in [0, 0.1) is 17.5 Å². The molecule has 0 saturated carbocycles. The molecular formula is C13H11F3N2O3. The number of hydrazone groups is 1. The highest BCUT2D eigenvalue weighted by molar-refractivity contribution is 6.37. The van der Waals surface area contributed by atoms with Crippen LogP contribution in [0.3, 0.4) is 0 Å². The Morgan fingerprint density at radius 3 is 2.57 bits per heavy atom. The first-order valence-electron chi connectivity index (χ1n) is 6.02. The van der Waals surface area contributed by atoms with Gasteiger partial charge in [-0.15, -0.1) is 0 Å². The lowest BCUT2D eigenvalue weighted by Gasteiger charge is -2.22. The van der Waals surface area contributed by atoms with Gasteiger partial charge in [0.05, 0.1) is 13.7 Å². The first-order valence-corrected chi connectivity index (χ1v) is 6.02. The number of esters is 1. The van der Waals surface area contributed by atoms with Crippen LogP contribution in [0.25, 0.3) is 0 Å². The number of hydrogen-bond acceptors (Lipinski definition) is 4. The van der Waals surface area contributed by atoms with Gasteiger partial charge in [-0.05, 0) is 6.07 Å². The fourth-order valence-corrected chi connectivity index (χ4v) is 1.84. The fraction of sp³-hybridized carbons (Fsp3) is 0.308. The molecule has 0 atom stereocenters. The molecule has 0 radical (unpaired) electrons. The maximum absolute atomic E-state index is 13.5. The van der Waals surface area contributed by atoms with Crippen LogP contribution in [0.4, 0.5) is 13.2 Å². The molecule has 0 spiro atoms. The molecule has 0 unspecified atom stereocenters. The average Bonchev–Trinajstić information content (AvgIpc) is 2.46. The van der Waals surface area contributed by atoms with Crippen molar-refractivity contribution in [2.75, 3.05) is 7.11 Å². The maximum Gasteiger partial charge on any atom is 0.354 e. The summed E-state index contributed by atoms with van der Waals surface area (Å²) in [5.41, 5.74) is -0.225. The summed E-state index contributed by atoms with van der Waals surface area (Å²) < 4.78 is 44.0. The Morgan fingerprint density at radius 1 is 1.24 bits per heavy atom. The summed E-state index contributed by atoms with van der Waals surface area (Å²) >= 11 is 0. The van der Waals surface area contributed by atoms with Gasteiger partial charge in [-0.3, -0.25) is 4.79 Å². The van der Waals surface area contributed by atoms with Gasteiger partial charge in [0.25, 0.3) is 0 Å². The van der Waals surface area contributed by atoms with Crippen LogP contribution >= 0.6 is 0 Å². The number of benzene rings is 1. The fourth-order valence-electron chi connectivity index (χ4n) is 1.84. The molecule has 8 heteroatoms. The molecule has 0 aliphatic carbocycles. The van der Waals surface area contributed by atoms with E-state index in [4.69, 9.17) is 0 Å². The summed E-state index contributed by atoms with van der Waals surface area (Å²) in [6.07, 6.45) is 0.113. The van der Waals surface area contributed by atoms with E-state index in [9.17, 15) is 22.8 Å². The third-order valence-electron chi connectivity index (χ3n) is 2.94. The Labute approximate surface area is 118 Å². The zero-order valence-corrected chi connectivity index (χ0v) is 11.0. The first kappa shape index (κ1) is 15.0. The minimum absolute atomic E-state index is 0.000765. The molecule has 1 heterocycles. The molecule has 0 saturated heterocycles. The van der Waals surface area contributed by atoms with Gasteiger partial charge < -0.3 is 4.74 Å². The highest BCUT2D eigenvalue weighted by Gasteiger charge is 2.26. The average molecular weight is 300 g/mol. The summed E-state index contributed by atoms with van der Waals surface area (Å²) in [6.45, 7) is -0.400. The van der Waals surface area contributed by atoms with Crippen molar-refractivity contribution >= 4 is 17.6 Å². The lowest BCUT2D eigenvalue weighted by atomic mass is 10.1. The largest absolute Gasteiger partial charge is 0.464 e. The second kappa shape index (κ2) is 5.94. The lowest BCUT2D eigenvalue weighted by molar-refractivity contribution is -0.134. The van der Waals surface area contributed by atoms with E-state index in [2.05, 4.69) is 9.84 Å². The standard InChI is InChI=1S/C13H11F3N2O3/c1-21-13(20)11-2-3-12(19)18(17-11)6-7-4-9(15)10(16)5-8(7)14/h4-5H,2-3,6H2,1H3. The minimum Gasteiger partial charge on any atom is -0.464 e. The predicted molar refractivity (Wildman–Crippen MR) is 65.6 cm³/mol. The number of halogens is 3. The van der Waals surface area contributed by atoms with Crippen LogP contribution in [0.5, 0.6) is 0 Å². The van der Waals surface area contributed by atoms with Gasteiger partial charge in [0, 0.05) is 24.5 Å². The molecule has 0 aromatic heterocycles. The Balaban J connectivity index is 2.27. The van der Waals surface area contributed by atoms with Gasteiger partial charge in [-0.2, -0.15) is 5.10 Å². The molecule has 0 bridgehead atoms. The van der Waals surface area contributed by atoms with Gasteiger partial charge >= 0.3 is 5.97 Å². The molecule has 2 rings (SSSR count). The number of carbonyl (C=O) groups excluding carboxylic acids is 2. The van der Waals surface area contributed by atoms with Crippen LogP contribution in [0.15, 0.2) is 17.2 Å². The van der Waals surface area contributed by atoms with Crippen molar-refractivity contribution in [3.8, 4) is 0 Å². The number of amides is 1. The van der Waals surface area contributed by atoms with Crippen molar-refractivity contribution in [3.05, 3.63) is 35.1 Å². The van der Waals surface area contributed by atoms with Gasteiger partial charge in [-0.1, -0.05) is 0 Å². The second-order valence-electron chi connectivity index (χ2n) is 4.35. The maximum atomic E-state index is 13.5. The SMILES string of the molecule is COC(=O)C1=NN(Cc2cc(F)c(F)cc2F)C(=O)CC1. The van der Waals surface area contributed by atoms with E-state index in [1.807, 2.05) is 0 Å². The summed E-state index contributed by atoms with van der Waals surface area (Å²) in [6, 6.07) is 1.05. The molecule has 112 valence electrons. The topological polar surface area (TPSA) is 59.0 Å². The summed E-state index contributed by atoms with van der Waals surface area (Å²) in [5, 5.41) is 4.60. The molecule has 1 aliphatic heterocycles. The molecule has 1 aromatic carbocycles. The molecule has 21 heavy (non-hydrogen) atoms. The van der Waals surface area contributed by atoms with Crippen molar-refractivity contribution in [2.24, 2.45) is 5.10 Å². The van der Waals surface area contributed by atoms with Crippen LogP contribution in [-0.2, 0) is 20.9 Å². The summed E-state index contributed by atoms with van der Waals surface area (Å²) in [5.74, 6) is -4.69. The van der Waals surface area contributed by atoms with E-state index in [0.717, 1.165) is 5.01 Å². The summed E-state index contributed by atoms with van der Waals surface area (Å²) in [4.78, 5) is 23.1. The Kier molecular flexibility index (Phi) is 4.25. The number of methoxy groups -OCH3 is 1. The van der Waals surface area contributed by atoms with Gasteiger partial charge in [0.2, 0.25) is 5.91 Å². The monoisotopic (exact) mass is 300 g/mol. The quantitative estimate of drug-likeness (QED) is 0.631. The number of carbonyl (C=O) groups is 2.